The quantitative estimate of drug-likeness (QED) is 0.365. The van der Waals surface area contributed by atoms with Crippen LogP contribution in [-0.4, -0.2) is 48.5 Å². The van der Waals surface area contributed by atoms with Crippen molar-refractivity contribution < 1.29 is 28.2 Å². The second-order valence-corrected chi connectivity index (χ2v) is 10.1. The van der Waals surface area contributed by atoms with Crippen molar-refractivity contribution in [2.24, 2.45) is 0 Å². The molecular formula is C32H28FN3O6. The molecule has 4 heterocycles. The van der Waals surface area contributed by atoms with Gasteiger partial charge in [-0.15, -0.1) is 0 Å². The monoisotopic (exact) mass is 569 g/mol. The average Bonchev–Trinajstić information content (AvgIpc) is 3.00. The van der Waals surface area contributed by atoms with E-state index in [9.17, 15) is 18.8 Å². The molecule has 3 aliphatic heterocycles. The van der Waals surface area contributed by atoms with Gasteiger partial charge >= 0.3 is 0 Å². The zero-order chi connectivity index (χ0) is 29.2. The Bertz CT molecular complexity index is 1720. The first-order valence-corrected chi connectivity index (χ1v) is 13.6. The molecule has 9 nitrogen and oxygen atoms in total. The van der Waals surface area contributed by atoms with E-state index in [4.69, 9.17) is 14.2 Å². The molecule has 42 heavy (non-hydrogen) atoms. The Morgan fingerprint density at radius 1 is 1.02 bits per heavy atom. The van der Waals surface area contributed by atoms with Crippen molar-refractivity contribution in [1.82, 2.24) is 15.2 Å². The normalized spacial score (nSPS) is 16.4. The number of halogens is 1. The van der Waals surface area contributed by atoms with Crippen LogP contribution in [-0.2, 0) is 6.42 Å². The van der Waals surface area contributed by atoms with Gasteiger partial charge in [0.15, 0.2) is 11.5 Å². The highest BCUT2D eigenvalue weighted by atomic mass is 19.1. The van der Waals surface area contributed by atoms with Crippen molar-refractivity contribution in [1.29, 1.82) is 0 Å². The lowest BCUT2D eigenvalue weighted by molar-refractivity contribution is 0.0693. The molecule has 214 valence electrons. The van der Waals surface area contributed by atoms with Crippen LogP contribution in [0.3, 0.4) is 0 Å². The Hall–Kier alpha value is -5.12. The van der Waals surface area contributed by atoms with Gasteiger partial charge in [0.2, 0.25) is 5.56 Å². The first-order valence-electron chi connectivity index (χ1n) is 13.6. The van der Waals surface area contributed by atoms with Crippen molar-refractivity contribution in [3.63, 3.8) is 0 Å². The SMILES string of the molecule is COc1ccc2cc1OCCCNC(=O)c1cc(ccc1F)Oc1ccc3c(c1)CCN(C(=O)c1ccc(=O)[nH]c1)C23. The number of aromatic amines is 1. The van der Waals surface area contributed by atoms with E-state index in [-0.39, 0.29) is 30.2 Å². The highest BCUT2D eigenvalue weighted by Gasteiger charge is 2.33. The molecule has 8 bridgehead atoms. The van der Waals surface area contributed by atoms with Gasteiger partial charge < -0.3 is 29.4 Å². The third-order valence-corrected chi connectivity index (χ3v) is 7.42. The number of H-pyrrole nitrogens is 1. The number of fused-ring (bicyclic) bond motifs is 6. The van der Waals surface area contributed by atoms with Gasteiger partial charge in [0.05, 0.1) is 30.9 Å². The van der Waals surface area contributed by atoms with Crippen LogP contribution in [0.5, 0.6) is 23.0 Å². The van der Waals surface area contributed by atoms with Crippen molar-refractivity contribution in [2.75, 3.05) is 26.8 Å². The Morgan fingerprint density at radius 3 is 2.67 bits per heavy atom. The fourth-order valence-electron chi connectivity index (χ4n) is 5.36. The maximum atomic E-state index is 14.5. The summed E-state index contributed by atoms with van der Waals surface area (Å²) in [5.41, 5.74) is 2.67. The van der Waals surface area contributed by atoms with Gasteiger partial charge in [0, 0.05) is 25.4 Å². The summed E-state index contributed by atoms with van der Waals surface area (Å²) in [6.45, 7) is 0.929. The molecule has 1 unspecified atom stereocenters. The van der Waals surface area contributed by atoms with Crippen LogP contribution in [0.25, 0.3) is 0 Å². The average molecular weight is 570 g/mol. The minimum Gasteiger partial charge on any atom is -0.493 e. The van der Waals surface area contributed by atoms with Crippen molar-refractivity contribution in [3.05, 3.63) is 117 Å². The van der Waals surface area contributed by atoms with Gasteiger partial charge in [-0.25, -0.2) is 4.39 Å². The molecule has 4 aromatic rings. The van der Waals surface area contributed by atoms with Gasteiger partial charge in [-0.05, 0) is 78.1 Å². The Labute approximate surface area is 240 Å². The van der Waals surface area contributed by atoms with Crippen molar-refractivity contribution >= 4 is 11.8 Å². The van der Waals surface area contributed by atoms with Gasteiger partial charge in [-0.1, -0.05) is 12.1 Å². The predicted molar refractivity (Wildman–Crippen MR) is 152 cm³/mol. The number of methoxy groups -OCH3 is 1. The van der Waals surface area contributed by atoms with E-state index < -0.39 is 17.8 Å². The van der Waals surface area contributed by atoms with E-state index in [1.165, 1.54) is 36.5 Å². The lowest BCUT2D eigenvalue weighted by Gasteiger charge is -2.38. The number of hydrogen-bond donors (Lipinski definition) is 2. The predicted octanol–water partition coefficient (Wildman–Crippen LogP) is 4.62. The molecule has 10 heteroatoms. The van der Waals surface area contributed by atoms with E-state index in [1.54, 1.807) is 24.1 Å². The van der Waals surface area contributed by atoms with E-state index in [0.717, 1.165) is 16.7 Å². The topological polar surface area (TPSA) is 110 Å². The zero-order valence-electron chi connectivity index (χ0n) is 22.8. The summed E-state index contributed by atoms with van der Waals surface area (Å²) in [5, 5.41) is 2.73. The smallest absolute Gasteiger partial charge is 0.256 e. The molecule has 1 aromatic heterocycles. The fraction of sp³-hybridized carbons (Fsp3) is 0.219. The van der Waals surface area contributed by atoms with Crippen LogP contribution in [0.2, 0.25) is 0 Å². The minimum atomic E-state index is -0.646. The number of carbonyl (C=O) groups excluding carboxylic acids is 2. The highest BCUT2D eigenvalue weighted by molar-refractivity contribution is 5.95. The third-order valence-electron chi connectivity index (χ3n) is 7.42. The fourth-order valence-corrected chi connectivity index (χ4v) is 5.36. The van der Waals surface area contributed by atoms with Crippen LogP contribution in [0, 0.1) is 5.82 Å². The number of rotatable bonds is 2. The molecule has 2 N–H and O–H groups in total. The lowest BCUT2D eigenvalue weighted by atomic mass is 9.87. The number of benzene rings is 3. The number of hydrogen-bond acceptors (Lipinski definition) is 6. The zero-order valence-corrected chi connectivity index (χ0v) is 22.8. The third kappa shape index (κ3) is 5.30. The molecule has 0 radical (unpaired) electrons. The summed E-state index contributed by atoms with van der Waals surface area (Å²) in [7, 11) is 1.55. The Kier molecular flexibility index (Phi) is 7.35. The van der Waals surface area contributed by atoms with Crippen LogP contribution in [0.15, 0.2) is 77.7 Å². The summed E-state index contributed by atoms with van der Waals surface area (Å²) in [6, 6.07) is 17.6. The van der Waals surface area contributed by atoms with E-state index >= 15 is 0 Å². The summed E-state index contributed by atoms with van der Waals surface area (Å²) >= 11 is 0. The maximum absolute atomic E-state index is 14.5. The Balaban J connectivity index is 1.46. The first kappa shape index (κ1) is 27.1. The largest absolute Gasteiger partial charge is 0.493 e. The molecule has 0 spiro atoms. The van der Waals surface area contributed by atoms with Crippen LogP contribution in [0.4, 0.5) is 4.39 Å². The van der Waals surface area contributed by atoms with E-state index in [2.05, 4.69) is 10.3 Å². The molecule has 0 saturated carbocycles. The number of amides is 2. The first-order chi connectivity index (χ1) is 20.4. The molecule has 0 aliphatic carbocycles. The van der Waals surface area contributed by atoms with Crippen molar-refractivity contribution in [2.45, 2.75) is 18.9 Å². The highest BCUT2D eigenvalue weighted by Crippen LogP contribution is 2.41. The second-order valence-electron chi connectivity index (χ2n) is 10.1. The van der Waals surface area contributed by atoms with Crippen molar-refractivity contribution in [3.8, 4) is 23.0 Å². The molecule has 3 aliphatic rings. The number of ether oxygens (including phenoxy) is 3. The molecular weight excluding hydrogens is 541 g/mol. The van der Waals surface area contributed by atoms with E-state index in [1.807, 2.05) is 24.3 Å². The Morgan fingerprint density at radius 2 is 1.86 bits per heavy atom. The molecule has 2 amide bonds. The minimum absolute atomic E-state index is 0.113. The van der Waals surface area contributed by atoms with Gasteiger partial charge in [0.1, 0.15) is 17.3 Å². The standard InChI is InChI=1S/C32H28FN3O6/c1-40-27-9-3-20-16-28(27)41-14-2-12-34-31(38)25-17-23(6-8-26(25)33)42-22-5-7-24-19(15-22)11-13-36(30(20)24)32(39)21-4-10-29(37)35-18-21/h3-10,15-18,30H,2,11-14H2,1H3,(H,34,38)(H,35,37). The molecule has 0 fully saturated rings. The van der Waals surface area contributed by atoms with Gasteiger partial charge in [-0.3, -0.25) is 14.4 Å². The number of pyridine rings is 1. The summed E-state index contributed by atoms with van der Waals surface area (Å²) in [5.74, 6) is 0.446. The van der Waals surface area contributed by atoms with Crippen LogP contribution >= 0.6 is 0 Å². The number of carbonyl (C=O) groups is 2. The molecule has 7 rings (SSSR count). The van der Waals surface area contributed by atoms with E-state index in [0.29, 0.717) is 47.9 Å². The van der Waals surface area contributed by atoms with Crippen LogP contribution in [0.1, 0.15) is 49.9 Å². The van der Waals surface area contributed by atoms with Crippen LogP contribution < -0.4 is 25.1 Å². The summed E-state index contributed by atoms with van der Waals surface area (Å²) in [4.78, 5) is 42.5. The molecule has 1 atom stereocenters. The summed E-state index contributed by atoms with van der Waals surface area (Å²) < 4.78 is 32.2. The maximum Gasteiger partial charge on any atom is 0.256 e. The summed E-state index contributed by atoms with van der Waals surface area (Å²) in [6.07, 6.45) is 2.44. The molecule has 3 aromatic carbocycles. The lowest BCUT2D eigenvalue weighted by Crippen LogP contribution is -2.40. The second kappa shape index (κ2) is 11.4. The number of nitrogens with zero attached hydrogens (tertiary/aromatic N) is 1. The van der Waals surface area contributed by atoms with Gasteiger partial charge in [0.25, 0.3) is 11.8 Å². The molecule has 0 saturated heterocycles. The van der Waals surface area contributed by atoms with Gasteiger partial charge in [-0.2, -0.15) is 0 Å². The number of aromatic nitrogens is 1. The number of nitrogens with one attached hydrogen (secondary N) is 2.